The Morgan fingerprint density at radius 3 is 1.92 bits per heavy atom. The predicted octanol–water partition coefficient (Wildman–Crippen LogP) is 0.552. The van der Waals surface area contributed by atoms with Gasteiger partial charge in [-0.25, -0.2) is 0 Å². The Labute approximate surface area is 73.9 Å². The standard InChI is InChI=1S/C6H14N2O2.C2H6/c1-6(2,8)3-4(7)5(9)10;1-2/h4H,3,7-8H2,1-2H3,(H,9,10);1-2H3. The lowest BCUT2D eigenvalue weighted by Gasteiger charge is -2.20. The molecule has 4 heteroatoms. The third-order valence-corrected chi connectivity index (χ3v) is 1.06. The van der Waals surface area contributed by atoms with Crippen molar-refractivity contribution < 1.29 is 9.90 Å². The van der Waals surface area contributed by atoms with E-state index in [1.165, 1.54) is 0 Å². The molecule has 5 N–H and O–H groups in total. The molecule has 0 fully saturated rings. The fourth-order valence-corrected chi connectivity index (χ4v) is 0.654. The molecular formula is C8H20N2O2. The summed E-state index contributed by atoms with van der Waals surface area (Å²) in [7, 11) is 0. The van der Waals surface area contributed by atoms with E-state index in [1.807, 2.05) is 13.8 Å². The Bertz CT molecular complexity index is 130. The van der Waals surface area contributed by atoms with Crippen LogP contribution in [0, 0.1) is 0 Å². The number of carboxylic acid groups (broad SMARTS) is 1. The van der Waals surface area contributed by atoms with Gasteiger partial charge in [0.1, 0.15) is 6.04 Å². The highest BCUT2D eigenvalue weighted by molar-refractivity contribution is 5.73. The minimum Gasteiger partial charge on any atom is -0.480 e. The lowest BCUT2D eigenvalue weighted by atomic mass is 9.97. The van der Waals surface area contributed by atoms with Crippen LogP contribution in [0.4, 0.5) is 0 Å². The molecule has 0 saturated heterocycles. The first-order chi connectivity index (χ1) is 5.33. The van der Waals surface area contributed by atoms with Gasteiger partial charge in [0, 0.05) is 5.54 Å². The van der Waals surface area contributed by atoms with Gasteiger partial charge in [0.15, 0.2) is 0 Å². The molecule has 0 spiro atoms. The number of carbonyl (C=O) groups is 1. The van der Waals surface area contributed by atoms with Crippen molar-refractivity contribution in [3.63, 3.8) is 0 Å². The monoisotopic (exact) mass is 176 g/mol. The maximum atomic E-state index is 10.2. The van der Waals surface area contributed by atoms with Crippen molar-refractivity contribution in [3.8, 4) is 0 Å². The first-order valence-corrected chi connectivity index (χ1v) is 4.10. The van der Waals surface area contributed by atoms with Gasteiger partial charge in [0.2, 0.25) is 0 Å². The summed E-state index contributed by atoms with van der Waals surface area (Å²) in [5.41, 5.74) is 10.3. The number of aliphatic carboxylic acids is 1. The molecule has 0 aliphatic carbocycles. The smallest absolute Gasteiger partial charge is 0.320 e. The van der Waals surface area contributed by atoms with Gasteiger partial charge in [-0.1, -0.05) is 13.8 Å². The lowest BCUT2D eigenvalue weighted by Crippen LogP contribution is -2.43. The van der Waals surface area contributed by atoms with Crippen molar-refractivity contribution in [2.24, 2.45) is 11.5 Å². The highest BCUT2D eigenvalue weighted by atomic mass is 16.4. The highest BCUT2D eigenvalue weighted by Gasteiger charge is 2.20. The van der Waals surface area contributed by atoms with E-state index in [1.54, 1.807) is 13.8 Å². The van der Waals surface area contributed by atoms with Gasteiger partial charge >= 0.3 is 5.97 Å². The van der Waals surface area contributed by atoms with E-state index in [9.17, 15) is 4.79 Å². The molecule has 0 aromatic rings. The summed E-state index contributed by atoms with van der Waals surface area (Å²) < 4.78 is 0. The fraction of sp³-hybridized carbons (Fsp3) is 0.875. The molecule has 74 valence electrons. The Morgan fingerprint density at radius 1 is 1.50 bits per heavy atom. The third kappa shape index (κ3) is 9.39. The predicted molar refractivity (Wildman–Crippen MR) is 49.8 cm³/mol. The van der Waals surface area contributed by atoms with Crippen LogP contribution in [0.15, 0.2) is 0 Å². The highest BCUT2D eigenvalue weighted by Crippen LogP contribution is 2.05. The molecule has 0 rings (SSSR count). The molecule has 4 nitrogen and oxygen atoms in total. The average Bonchev–Trinajstić information content (AvgIpc) is 1.88. The number of carboxylic acids is 1. The van der Waals surface area contributed by atoms with E-state index in [2.05, 4.69) is 0 Å². The van der Waals surface area contributed by atoms with Crippen LogP contribution in [-0.4, -0.2) is 22.7 Å². The number of hydrogen-bond acceptors (Lipinski definition) is 3. The molecule has 0 heterocycles. The van der Waals surface area contributed by atoms with Crippen molar-refractivity contribution >= 4 is 5.97 Å². The largest absolute Gasteiger partial charge is 0.480 e. The van der Waals surface area contributed by atoms with Crippen LogP contribution >= 0.6 is 0 Å². The number of hydrogen-bond donors (Lipinski definition) is 3. The molecule has 0 aliphatic heterocycles. The van der Waals surface area contributed by atoms with Crippen LogP contribution in [0.25, 0.3) is 0 Å². The van der Waals surface area contributed by atoms with E-state index in [0.717, 1.165) is 0 Å². The molecule has 0 amide bonds. The van der Waals surface area contributed by atoms with Crippen LogP contribution in [-0.2, 0) is 4.79 Å². The summed E-state index contributed by atoms with van der Waals surface area (Å²) in [6.45, 7) is 7.49. The van der Waals surface area contributed by atoms with Crippen molar-refractivity contribution in [3.05, 3.63) is 0 Å². The quantitative estimate of drug-likeness (QED) is 0.586. The van der Waals surface area contributed by atoms with E-state index >= 15 is 0 Å². The molecule has 0 radical (unpaired) electrons. The second-order valence-electron chi connectivity index (χ2n) is 3.14. The van der Waals surface area contributed by atoms with Gasteiger partial charge in [0.05, 0.1) is 0 Å². The summed E-state index contributed by atoms with van der Waals surface area (Å²) >= 11 is 0. The van der Waals surface area contributed by atoms with Gasteiger partial charge < -0.3 is 16.6 Å². The summed E-state index contributed by atoms with van der Waals surface area (Å²) in [5, 5.41) is 8.36. The number of nitrogens with two attached hydrogens (primary N) is 2. The first kappa shape index (κ1) is 13.9. The van der Waals surface area contributed by atoms with Crippen LogP contribution in [0.1, 0.15) is 34.1 Å². The van der Waals surface area contributed by atoms with Crippen LogP contribution < -0.4 is 11.5 Å². The molecule has 0 aromatic heterocycles. The molecule has 1 atom stereocenters. The van der Waals surface area contributed by atoms with Gasteiger partial charge in [-0.3, -0.25) is 4.79 Å². The van der Waals surface area contributed by atoms with Gasteiger partial charge in [-0.15, -0.1) is 0 Å². The zero-order valence-corrected chi connectivity index (χ0v) is 8.29. The second kappa shape index (κ2) is 5.97. The minimum atomic E-state index is -1.00. The van der Waals surface area contributed by atoms with Crippen LogP contribution in [0.3, 0.4) is 0 Å². The van der Waals surface area contributed by atoms with Crippen molar-refractivity contribution in [2.45, 2.75) is 45.7 Å². The number of rotatable bonds is 3. The minimum absolute atomic E-state index is 0.294. The topological polar surface area (TPSA) is 89.3 Å². The molecule has 0 aliphatic rings. The van der Waals surface area contributed by atoms with Crippen molar-refractivity contribution in [1.82, 2.24) is 0 Å². The van der Waals surface area contributed by atoms with Crippen LogP contribution in [0.5, 0.6) is 0 Å². The second-order valence-corrected chi connectivity index (χ2v) is 3.14. The SMILES string of the molecule is CC.CC(C)(N)CC(N)C(=O)O. The zero-order valence-electron chi connectivity index (χ0n) is 8.29. The Hall–Kier alpha value is -0.610. The summed E-state index contributed by atoms with van der Waals surface area (Å²) in [6.07, 6.45) is 0.294. The lowest BCUT2D eigenvalue weighted by molar-refractivity contribution is -0.139. The fourth-order valence-electron chi connectivity index (χ4n) is 0.654. The van der Waals surface area contributed by atoms with Gasteiger partial charge in [-0.2, -0.15) is 0 Å². The van der Waals surface area contributed by atoms with E-state index in [4.69, 9.17) is 16.6 Å². The van der Waals surface area contributed by atoms with E-state index < -0.39 is 17.6 Å². The molecule has 0 aromatic carbocycles. The Morgan fingerprint density at radius 2 is 1.83 bits per heavy atom. The molecule has 1 unspecified atom stereocenters. The molecular weight excluding hydrogens is 156 g/mol. The summed E-state index contributed by atoms with van der Waals surface area (Å²) in [5.74, 6) is -1.00. The van der Waals surface area contributed by atoms with E-state index in [-0.39, 0.29) is 0 Å². The third-order valence-electron chi connectivity index (χ3n) is 1.06. The van der Waals surface area contributed by atoms with Gasteiger partial charge in [-0.05, 0) is 20.3 Å². The Balaban J connectivity index is 0. The normalized spacial score (nSPS) is 12.8. The van der Waals surface area contributed by atoms with Crippen LogP contribution in [0.2, 0.25) is 0 Å². The van der Waals surface area contributed by atoms with Crippen molar-refractivity contribution in [1.29, 1.82) is 0 Å². The maximum absolute atomic E-state index is 10.2. The zero-order chi connectivity index (χ0) is 10.4. The maximum Gasteiger partial charge on any atom is 0.320 e. The summed E-state index contributed by atoms with van der Waals surface area (Å²) in [4.78, 5) is 10.2. The molecule has 0 saturated carbocycles. The van der Waals surface area contributed by atoms with Gasteiger partial charge in [0.25, 0.3) is 0 Å². The van der Waals surface area contributed by atoms with E-state index in [0.29, 0.717) is 6.42 Å². The molecule has 0 bridgehead atoms. The van der Waals surface area contributed by atoms with Crippen molar-refractivity contribution in [2.75, 3.05) is 0 Å². The Kier molecular flexibility index (Phi) is 6.94. The molecule has 12 heavy (non-hydrogen) atoms. The summed E-state index contributed by atoms with van der Waals surface area (Å²) in [6, 6.07) is -0.847. The average molecular weight is 176 g/mol. The first-order valence-electron chi connectivity index (χ1n) is 4.10.